The molecule has 0 saturated carbocycles. The van der Waals surface area contributed by atoms with Crippen LogP contribution in [0.1, 0.15) is 83.8 Å². The summed E-state index contributed by atoms with van der Waals surface area (Å²) in [6.07, 6.45) is 3.73. The number of hydrogen-bond acceptors (Lipinski definition) is 10. The second-order valence-electron chi connectivity index (χ2n) is 15.2. The molecule has 1 spiro atoms. The van der Waals surface area contributed by atoms with E-state index in [1.165, 1.54) is 7.11 Å². The van der Waals surface area contributed by atoms with Gasteiger partial charge >= 0.3 is 11.9 Å². The Bertz CT molecular complexity index is 1350. The molecule has 1 N–H and O–H groups in total. The summed E-state index contributed by atoms with van der Waals surface area (Å²) in [5, 5.41) is 11.9. The minimum Gasteiger partial charge on any atom is -0.497 e. The first-order valence-corrected chi connectivity index (χ1v) is 19.0. The van der Waals surface area contributed by atoms with Gasteiger partial charge in [-0.2, -0.15) is 0 Å². The van der Waals surface area contributed by atoms with Crippen LogP contribution in [0.2, 0.25) is 18.1 Å². The lowest BCUT2D eigenvalue weighted by atomic mass is 9.77. The van der Waals surface area contributed by atoms with Gasteiger partial charge in [0, 0.05) is 6.54 Å². The normalized spacial score (nSPS) is 25.8. The third kappa shape index (κ3) is 6.25. The highest BCUT2D eigenvalue weighted by Gasteiger charge is 2.59. The first-order valence-electron chi connectivity index (χ1n) is 16.1. The number of methoxy groups -OCH3 is 2. The first kappa shape index (κ1) is 33.8. The molecule has 3 heterocycles. The maximum Gasteiger partial charge on any atom is 0.339 e. The molecule has 11 heteroatoms. The average molecular weight is 646 g/mol. The zero-order valence-corrected chi connectivity index (χ0v) is 29.4. The molecule has 0 amide bonds. The van der Waals surface area contributed by atoms with Gasteiger partial charge in [0.1, 0.15) is 5.76 Å². The van der Waals surface area contributed by atoms with E-state index < -0.39 is 49.5 Å². The summed E-state index contributed by atoms with van der Waals surface area (Å²) >= 11 is 0. The van der Waals surface area contributed by atoms with Gasteiger partial charge in [-0.15, -0.1) is 0 Å². The lowest BCUT2D eigenvalue weighted by Gasteiger charge is -2.43. The van der Waals surface area contributed by atoms with Crippen LogP contribution in [0.5, 0.6) is 11.5 Å². The first-order chi connectivity index (χ1) is 21.0. The summed E-state index contributed by atoms with van der Waals surface area (Å²) in [6.45, 7) is 16.7. The maximum absolute atomic E-state index is 14.2. The minimum absolute atomic E-state index is 0.0206. The number of benzene rings is 1. The molecule has 1 fully saturated rings. The summed E-state index contributed by atoms with van der Waals surface area (Å²) in [6, 6.07) is 4.05. The van der Waals surface area contributed by atoms with Crippen molar-refractivity contribution in [2.75, 3.05) is 34.1 Å². The molecule has 10 nitrogen and oxygen atoms in total. The Morgan fingerprint density at radius 3 is 2.40 bits per heavy atom. The molecule has 4 atom stereocenters. The van der Waals surface area contributed by atoms with Gasteiger partial charge in [0.15, 0.2) is 31.5 Å². The van der Waals surface area contributed by atoms with Crippen molar-refractivity contribution < 1.29 is 42.8 Å². The van der Waals surface area contributed by atoms with E-state index >= 15 is 0 Å². The third-order valence-electron chi connectivity index (χ3n) is 10.7. The number of carbonyl (C=O) groups is 2. The minimum atomic E-state index is -2.16. The van der Waals surface area contributed by atoms with E-state index in [0.29, 0.717) is 23.7 Å². The summed E-state index contributed by atoms with van der Waals surface area (Å²) < 4.78 is 35.3. The number of aliphatic hydroxyl groups is 1. The number of rotatable bonds is 10. The molecule has 1 aromatic rings. The van der Waals surface area contributed by atoms with Gasteiger partial charge in [0.25, 0.3) is 0 Å². The number of hydrogen-bond donors (Lipinski definition) is 1. The highest BCUT2D eigenvalue weighted by molar-refractivity contribution is 6.74. The van der Waals surface area contributed by atoms with E-state index in [2.05, 4.69) is 44.8 Å². The van der Waals surface area contributed by atoms with E-state index in [9.17, 15) is 14.7 Å². The van der Waals surface area contributed by atoms with E-state index in [0.717, 1.165) is 43.5 Å². The number of carbonyl (C=O) groups excluding carboxylic acids is 2. The molecular weight excluding hydrogens is 594 g/mol. The van der Waals surface area contributed by atoms with Gasteiger partial charge < -0.3 is 33.2 Å². The molecule has 45 heavy (non-hydrogen) atoms. The maximum atomic E-state index is 14.2. The van der Waals surface area contributed by atoms with Crippen LogP contribution in [0, 0.1) is 0 Å². The highest BCUT2D eigenvalue weighted by Crippen LogP contribution is 2.56. The zero-order valence-electron chi connectivity index (χ0n) is 28.4. The zero-order chi connectivity index (χ0) is 33.0. The van der Waals surface area contributed by atoms with Crippen molar-refractivity contribution in [1.29, 1.82) is 0 Å². The molecule has 3 aliphatic heterocycles. The van der Waals surface area contributed by atoms with Crippen molar-refractivity contribution in [3.63, 3.8) is 0 Å². The fraction of sp³-hybridized carbons (Fsp3) is 0.706. The Hall–Kier alpha value is -2.60. The Balaban J connectivity index is 1.47. The van der Waals surface area contributed by atoms with E-state index in [4.69, 9.17) is 28.1 Å². The molecule has 5 rings (SSSR count). The van der Waals surface area contributed by atoms with Gasteiger partial charge in [-0.05, 0) is 100.0 Å². The summed E-state index contributed by atoms with van der Waals surface area (Å²) in [4.78, 5) is 29.2. The van der Waals surface area contributed by atoms with Gasteiger partial charge in [-0.25, -0.2) is 4.79 Å². The van der Waals surface area contributed by atoms with Crippen LogP contribution in [-0.2, 0) is 34.6 Å². The molecule has 1 aromatic carbocycles. The predicted octanol–water partition coefficient (Wildman–Crippen LogP) is 5.22. The van der Waals surface area contributed by atoms with Gasteiger partial charge in [0.05, 0.1) is 37.7 Å². The molecule has 0 unspecified atom stereocenters. The molecule has 1 saturated heterocycles. The smallest absolute Gasteiger partial charge is 0.339 e. The SMILES string of the molecule is COC(=O)C[C@](O)(CCC(C)(C)O[Si](C)(C)C(C)(C)C)C(=O)O[C@@H]1C(OC)=C[C@]23CCCN2CCc2cc4c(cc2[C@H]13)OCO4. The van der Waals surface area contributed by atoms with Crippen LogP contribution in [-0.4, -0.2) is 87.2 Å². The van der Waals surface area contributed by atoms with Crippen LogP contribution in [0.3, 0.4) is 0 Å². The Morgan fingerprint density at radius 1 is 1.07 bits per heavy atom. The molecule has 4 aliphatic rings. The number of esters is 2. The molecule has 0 bridgehead atoms. The van der Waals surface area contributed by atoms with Crippen LogP contribution < -0.4 is 9.47 Å². The largest absolute Gasteiger partial charge is 0.497 e. The van der Waals surface area contributed by atoms with Crippen molar-refractivity contribution in [3.8, 4) is 11.5 Å². The van der Waals surface area contributed by atoms with Crippen LogP contribution in [0.4, 0.5) is 0 Å². The van der Waals surface area contributed by atoms with Gasteiger partial charge in [0.2, 0.25) is 6.79 Å². The number of fused-ring (bicyclic) bond motifs is 3. The Morgan fingerprint density at radius 2 is 1.76 bits per heavy atom. The van der Waals surface area contributed by atoms with Crippen molar-refractivity contribution in [2.45, 2.75) is 120 Å². The van der Waals surface area contributed by atoms with Crippen LogP contribution in [0.15, 0.2) is 24.0 Å². The van der Waals surface area contributed by atoms with Crippen molar-refractivity contribution >= 4 is 20.3 Å². The van der Waals surface area contributed by atoms with E-state index in [1.54, 1.807) is 7.11 Å². The van der Waals surface area contributed by atoms with E-state index in [1.807, 2.05) is 26.0 Å². The molecule has 0 aromatic heterocycles. The number of ether oxygens (including phenoxy) is 5. The Kier molecular flexibility index (Phi) is 8.91. The van der Waals surface area contributed by atoms with Crippen molar-refractivity contribution in [1.82, 2.24) is 4.90 Å². The molecule has 250 valence electrons. The molecule has 0 radical (unpaired) electrons. The van der Waals surface area contributed by atoms with Crippen molar-refractivity contribution in [3.05, 3.63) is 35.1 Å². The van der Waals surface area contributed by atoms with E-state index in [-0.39, 0.29) is 24.2 Å². The third-order valence-corrected chi connectivity index (χ3v) is 15.4. The second-order valence-corrected chi connectivity index (χ2v) is 19.9. The monoisotopic (exact) mass is 645 g/mol. The standard InChI is InChI=1S/C34H51NO9Si/c1-31(2,3)45(8,9)44-32(4,5)13-14-34(38,20-27(36)40-7)30(37)43-29-26(39-6)19-33-12-10-15-35(33)16-11-22-17-24-25(42-21-41-24)18-23(22)28(29)33/h17-19,28-29,38H,10-16,20-21H2,1-9H3/t28-,29-,33+,34-/m1/s1. The topological polar surface area (TPSA) is 113 Å². The highest BCUT2D eigenvalue weighted by atomic mass is 28.4. The average Bonchev–Trinajstić information content (AvgIpc) is 3.64. The lowest BCUT2D eigenvalue weighted by molar-refractivity contribution is -0.179. The summed E-state index contributed by atoms with van der Waals surface area (Å²) in [5.41, 5.74) is -1.08. The predicted molar refractivity (Wildman–Crippen MR) is 171 cm³/mol. The van der Waals surface area contributed by atoms with Gasteiger partial charge in [-0.1, -0.05) is 20.8 Å². The fourth-order valence-corrected chi connectivity index (χ4v) is 9.09. The number of nitrogens with zero attached hydrogens (tertiary/aromatic N) is 1. The molecule has 1 aliphatic carbocycles. The quantitative estimate of drug-likeness (QED) is 0.269. The lowest BCUT2D eigenvalue weighted by Crippen LogP contribution is -2.51. The van der Waals surface area contributed by atoms with Crippen LogP contribution >= 0.6 is 0 Å². The fourth-order valence-electron chi connectivity index (χ4n) is 7.30. The van der Waals surface area contributed by atoms with Gasteiger partial charge in [-0.3, -0.25) is 9.69 Å². The Labute approximate surface area is 268 Å². The second kappa shape index (κ2) is 11.9. The van der Waals surface area contributed by atoms with Crippen molar-refractivity contribution in [2.24, 2.45) is 0 Å². The van der Waals surface area contributed by atoms with Crippen LogP contribution in [0.25, 0.3) is 0 Å². The molecular formula is C34H51NO9Si. The summed E-state index contributed by atoms with van der Waals surface area (Å²) in [7, 11) is 0.659. The summed E-state index contributed by atoms with van der Waals surface area (Å²) in [5.74, 6) is 0.0396.